The number of fused-ring (bicyclic) bond motifs is 3. The first-order valence-electron chi connectivity index (χ1n) is 9.18. The smallest absolute Gasteiger partial charge is 0.122 e. The highest BCUT2D eigenvalue weighted by Gasteiger charge is 2.52. The fraction of sp³-hybridized carbons (Fsp3) is 0.714. The molecule has 0 unspecified atom stereocenters. The van der Waals surface area contributed by atoms with Gasteiger partial charge in [0.05, 0.1) is 13.7 Å². The molecule has 1 saturated carbocycles. The molecule has 1 aromatic carbocycles. The molecule has 0 saturated heterocycles. The van der Waals surface area contributed by atoms with E-state index in [9.17, 15) is 5.11 Å². The molecule has 0 heterocycles. The number of aryl methyl sites for hydroxylation is 1. The minimum atomic E-state index is -0.0713. The van der Waals surface area contributed by atoms with Gasteiger partial charge in [0.1, 0.15) is 5.75 Å². The summed E-state index contributed by atoms with van der Waals surface area (Å²) in [5.74, 6) is 2.02. The fourth-order valence-electron chi connectivity index (χ4n) is 5.46. The second-order valence-electron chi connectivity index (χ2n) is 8.65. The first-order valence-corrected chi connectivity index (χ1v) is 9.18. The van der Waals surface area contributed by atoms with Crippen LogP contribution in [0.5, 0.6) is 5.75 Å². The molecule has 2 aliphatic rings. The van der Waals surface area contributed by atoms with E-state index in [-0.39, 0.29) is 12.0 Å². The van der Waals surface area contributed by atoms with Crippen molar-refractivity contribution in [2.45, 2.75) is 71.1 Å². The zero-order valence-corrected chi connectivity index (χ0v) is 15.4. The lowest BCUT2D eigenvalue weighted by Crippen LogP contribution is -2.51. The van der Waals surface area contributed by atoms with E-state index in [4.69, 9.17) is 4.74 Å². The predicted molar refractivity (Wildman–Crippen MR) is 95.3 cm³/mol. The van der Waals surface area contributed by atoms with Crippen molar-refractivity contribution in [3.63, 3.8) is 0 Å². The third-order valence-corrected chi connectivity index (χ3v) is 6.65. The average molecular weight is 316 g/mol. The molecule has 2 aliphatic carbocycles. The van der Waals surface area contributed by atoms with Gasteiger partial charge in [0, 0.05) is 5.41 Å². The summed E-state index contributed by atoms with van der Waals surface area (Å²) in [6.07, 6.45) is 5.92. The molecule has 2 heteroatoms. The predicted octanol–water partition coefficient (Wildman–Crippen LogP) is 4.82. The van der Waals surface area contributed by atoms with E-state index < -0.39 is 0 Å². The Morgan fingerprint density at radius 3 is 2.61 bits per heavy atom. The van der Waals surface area contributed by atoms with E-state index in [1.165, 1.54) is 36.0 Å². The van der Waals surface area contributed by atoms with Crippen molar-refractivity contribution in [3.05, 3.63) is 28.8 Å². The van der Waals surface area contributed by atoms with Crippen molar-refractivity contribution in [1.29, 1.82) is 0 Å². The van der Waals surface area contributed by atoms with Gasteiger partial charge in [0.25, 0.3) is 0 Å². The number of aliphatic hydroxyl groups is 1. The van der Waals surface area contributed by atoms with Gasteiger partial charge in [-0.2, -0.15) is 0 Å². The lowest BCUT2D eigenvalue weighted by Gasteiger charge is -2.55. The van der Waals surface area contributed by atoms with Gasteiger partial charge in [-0.15, -0.1) is 0 Å². The average Bonchev–Trinajstić information content (AvgIpc) is 2.52. The Bertz CT molecular complexity index is 588. The van der Waals surface area contributed by atoms with Crippen LogP contribution in [0.25, 0.3) is 0 Å². The Kier molecular flexibility index (Phi) is 4.25. The Morgan fingerprint density at radius 2 is 2.00 bits per heavy atom. The van der Waals surface area contributed by atoms with Crippen molar-refractivity contribution in [2.75, 3.05) is 13.7 Å². The second-order valence-corrected chi connectivity index (χ2v) is 8.65. The first-order chi connectivity index (χ1) is 10.9. The van der Waals surface area contributed by atoms with Crippen LogP contribution in [-0.2, 0) is 11.8 Å². The van der Waals surface area contributed by atoms with Gasteiger partial charge in [-0.05, 0) is 65.7 Å². The lowest BCUT2D eigenvalue weighted by molar-refractivity contribution is -0.00522. The summed E-state index contributed by atoms with van der Waals surface area (Å²) in [5, 5.41) is 10.5. The Hall–Kier alpha value is -1.02. The number of ether oxygens (including phenoxy) is 1. The van der Waals surface area contributed by atoms with Crippen molar-refractivity contribution in [3.8, 4) is 5.75 Å². The molecule has 0 amide bonds. The molecular formula is C21H32O2. The molecule has 0 aliphatic heterocycles. The first kappa shape index (κ1) is 16.8. The number of benzene rings is 1. The Morgan fingerprint density at radius 1 is 1.26 bits per heavy atom. The third-order valence-electron chi connectivity index (χ3n) is 6.65. The summed E-state index contributed by atoms with van der Waals surface area (Å²) in [7, 11) is 1.77. The lowest BCUT2D eigenvalue weighted by atomic mass is 9.50. The van der Waals surface area contributed by atoms with Gasteiger partial charge in [-0.1, -0.05) is 40.2 Å². The van der Waals surface area contributed by atoms with E-state index in [2.05, 4.69) is 39.8 Å². The van der Waals surface area contributed by atoms with E-state index in [1.807, 2.05) is 0 Å². The summed E-state index contributed by atoms with van der Waals surface area (Å²) < 4.78 is 5.71. The molecule has 0 radical (unpaired) electrons. The zero-order chi connectivity index (χ0) is 16.8. The van der Waals surface area contributed by atoms with E-state index in [1.54, 1.807) is 7.11 Å². The standard InChI is InChI=1S/C21H32O2/c1-14(2)16-11-15-7-8-19-20(3,4)9-6-10-21(19,13-22)17(15)12-18(16)23-5/h11-12,14,19,22H,6-10,13H2,1-5H3/t19-,21-/m0/s1. The van der Waals surface area contributed by atoms with Gasteiger partial charge in [-0.3, -0.25) is 0 Å². The molecule has 0 aromatic heterocycles. The maximum Gasteiger partial charge on any atom is 0.122 e. The maximum atomic E-state index is 10.5. The van der Waals surface area contributed by atoms with Crippen molar-refractivity contribution in [2.24, 2.45) is 11.3 Å². The van der Waals surface area contributed by atoms with Gasteiger partial charge >= 0.3 is 0 Å². The highest BCUT2D eigenvalue weighted by Crippen LogP contribution is 2.57. The van der Waals surface area contributed by atoms with Crippen LogP contribution in [0.4, 0.5) is 0 Å². The molecule has 1 N–H and O–H groups in total. The van der Waals surface area contributed by atoms with Gasteiger partial charge in [0.2, 0.25) is 0 Å². The van der Waals surface area contributed by atoms with Crippen LogP contribution in [0.2, 0.25) is 0 Å². The van der Waals surface area contributed by atoms with Gasteiger partial charge < -0.3 is 9.84 Å². The van der Waals surface area contributed by atoms with Crippen molar-refractivity contribution < 1.29 is 9.84 Å². The summed E-state index contributed by atoms with van der Waals surface area (Å²) >= 11 is 0. The van der Waals surface area contributed by atoms with Crippen LogP contribution >= 0.6 is 0 Å². The highest BCUT2D eigenvalue weighted by atomic mass is 16.5. The minimum absolute atomic E-state index is 0.0713. The van der Waals surface area contributed by atoms with E-state index in [0.29, 0.717) is 17.3 Å². The van der Waals surface area contributed by atoms with Crippen molar-refractivity contribution in [1.82, 2.24) is 0 Å². The fourth-order valence-corrected chi connectivity index (χ4v) is 5.46. The normalized spacial score (nSPS) is 29.1. The molecular weight excluding hydrogens is 284 g/mol. The second kappa shape index (κ2) is 5.81. The zero-order valence-electron chi connectivity index (χ0n) is 15.4. The minimum Gasteiger partial charge on any atom is -0.496 e. The molecule has 128 valence electrons. The molecule has 0 bridgehead atoms. The summed E-state index contributed by atoms with van der Waals surface area (Å²) in [4.78, 5) is 0. The number of methoxy groups -OCH3 is 1. The molecule has 1 fully saturated rings. The number of aliphatic hydroxyl groups excluding tert-OH is 1. The van der Waals surface area contributed by atoms with Crippen LogP contribution < -0.4 is 4.74 Å². The van der Waals surface area contributed by atoms with Crippen LogP contribution in [0, 0.1) is 11.3 Å². The van der Waals surface area contributed by atoms with E-state index in [0.717, 1.165) is 18.6 Å². The number of hydrogen-bond donors (Lipinski definition) is 1. The SMILES string of the molecule is COc1cc2c(cc1C(C)C)CC[C@H]1C(C)(C)CCC[C@]21CO. The highest BCUT2D eigenvalue weighted by molar-refractivity contribution is 5.49. The quantitative estimate of drug-likeness (QED) is 0.866. The molecule has 2 atom stereocenters. The largest absolute Gasteiger partial charge is 0.496 e. The van der Waals surface area contributed by atoms with Crippen LogP contribution in [-0.4, -0.2) is 18.8 Å². The van der Waals surface area contributed by atoms with Gasteiger partial charge in [-0.25, -0.2) is 0 Å². The summed E-state index contributed by atoms with van der Waals surface area (Å²) in [5.41, 5.74) is 4.34. The van der Waals surface area contributed by atoms with Crippen molar-refractivity contribution >= 4 is 0 Å². The maximum absolute atomic E-state index is 10.5. The Labute approximate surface area is 141 Å². The summed E-state index contributed by atoms with van der Waals surface area (Å²) in [6.45, 7) is 9.50. The molecule has 3 rings (SSSR count). The third kappa shape index (κ3) is 2.50. The topological polar surface area (TPSA) is 29.5 Å². The molecule has 0 spiro atoms. The Balaban J connectivity index is 2.17. The molecule has 1 aromatic rings. The summed E-state index contributed by atoms with van der Waals surface area (Å²) in [6, 6.07) is 4.61. The number of hydrogen-bond acceptors (Lipinski definition) is 2. The van der Waals surface area contributed by atoms with Crippen LogP contribution in [0.1, 0.15) is 76.0 Å². The monoisotopic (exact) mass is 316 g/mol. The molecule has 2 nitrogen and oxygen atoms in total. The van der Waals surface area contributed by atoms with E-state index >= 15 is 0 Å². The molecule has 23 heavy (non-hydrogen) atoms. The number of rotatable bonds is 3. The van der Waals surface area contributed by atoms with Crippen LogP contribution in [0.15, 0.2) is 12.1 Å². The van der Waals surface area contributed by atoms with Crippen LogP contribution in [0.3, 0.4) is 0 Å². The van der Waals surface area contributed by atoms with Gasteiger partial charge in [0.15, 0.2) is 0 Å².